The fourth-order valence-corrected chi connectivity index (χ4v) is 3.37. The van der Waals surface area contributed by atoms with Crippen molar-refractivity contribution < 1.29 is 9.90 Å². The van der Waals surface area contributed by atoms with Crippen LogP contribution in [0.15, 0.2) is 6.07 Å². The van der Waals surface area contributed by atoms with E-state index in [0.29, 0.717) is 5.82 Å². The van der Waals surface area contributed by atoms with Crippen LogP contribution >= 0.6 is 11.8 Å². The van der Waals surface area contributed by atoms with Gasteiger partial charge in [0.05, 0.1) is 0 Å². The van der Waals surface area contributed by atoms with E-state index in [2.05, 4.69) is 15.2 Å². The third-order valence-corrected chi connectivity index (χ3v) is 4.33. The summed E-state index contributed by atoms with van der Waals surface area (Å²) in [5.74, 6) is 1.93. The van der Waals surface area contributed by atoms with Crippen LogP contribution in [0.4, 0.5) is 5.82 Å². The van der Waals surface area contributed by atoms with E-state index in [4.69, 9.17) is 0 Å². The number of carboxylic acid groups (broad SMARTS) is 1. The summed E-state index contributed by atoms with van der Waals surface area (Å²) in [4.78, 5) is 18.0. The van der Waals surface area contributed by atoms with Crippen LogP contribution in [0, 0.1) is 13.8 Å². The lowest BCUT2D eigenvalue weighted by atomic mass is 10.1. The first-order valence-corrected chi connectivity index (χ1v) is 7.99. The highest BCUT2D eigenvalue weighted by Crippen LogP contribution is 2.18. The van der Waals surface area contributed by atoms with Gasteiger partial charge in [-0.05, 0) is 25.5 Å². The number of aromatic carboxylic acids is 1. The molecule has 0 bridgehead atoms. The molecule has 0 spiro atoms. The van der Waals surface area contributed by atoms with Crippen LogP contribution < -0.4 is 5.32 Å². The van der Waals surface area contributed by atoms with Crippen LogP contribution in [0.2, 0.25) is 0 Å². The fourth-order valence-electron chi connectivity index (χ4n) is 2.39. The molecular weight excluding hydrogens is 274 g/mol. The molecule has 0 aromatic carbocycles. The molecule has 5 nitrogen and oxygen atoms in total. The molecule has 2 rings (SSSR count). The highest BCUT2D eigenvalue weighted by Gasteiger charge is 2.16. The first-order valence-electron chi connectivity index (χ1n) is 6.83. The number of nitrogens with zero attached hydrogens (tertiary/aromatic N) is 2. The van der Waals surface area contributed by atoms with Crippen molar-refractivity contribution in [2.45, 2.75) is 13.8 Å². The summed E-state index contributed by atoms with van der Waals surface area (Å²) in [7, 11) is 0. The third kappa shape index (κ3) is 3.86. The molecule has 0 aliphatic carbocycles. The number of anilines is 1. The van der Waals surface area contributed by atoms with Crippen molar-refractivity contribution in [1.29, 1.82) is 0 Å². The third-order valence-electron chi connectivity index (χ3n) is 3.38. The molecule has 1 aromatic rings. The molecule has 20 heavy (non-hydrogen) atoms. The zero-order valence-electron chi connectivity index (χ0n) is 12.0. The van der Waals surface area contributed by atoms with E-state index in [-0.39, 0.29) is 5.56 Å². The normalized spacial score (nSPS) is 16.1. The molecule has 0 atom stereocenters. The predicted molar refractivity (Wildman–Crippen MR) is 82.9 cm³/mol. The van der Waals surface area contributed by atoms with E-state index in [1.807, 2.05) is 25.6 Å². The van der Waals surface area contributed by atoms with Crippen molar-refractivity contribution in [2.75, 3.05) is 43.0 Å². The standard InChI is InChI=1S/C14H21N3O2S/c1-10-9-11(2)16-13(12(10)14(18)19)15-3-4-17-5-7-20-8-6-17/h9H,3-8H2,1-2H3,(H,15,16)(H,18,19). The highest BCUT2D eigenvalue weighted by atomic mass is 32.2. The van der Waals surface area contributed by atoms with Gasteiger partial charge in [0, 0.05) is 43.4 Å². The second-order valence-electron chi connectivity index (χ2n) is 4.99. The second kappa shape index (κ2) is 6.95. The van der Waals surface area contributed by atoms with Crippen LogP contribution in [0.1, 0.15) is 21.6 Å². The molecule has 1 aromatic heterocycles. The lowest BCUT2D eigenvalue weighted by Crippen LogP contribution is -2.36. The van der Waals surface area contributed by atoms with E-state index < -0.39 is 5.97 Å². The first kappa shape index (κ1) is 15.1. The summed E-state index contributed by atoms with van der Waals surface area (Å²) < 4.78 is 0. The van der Waals surface area contributed by atoms with E-state index >= 15 is 0 Å². The Kier molecular flexibility index (Phi) is 5.25. The predicted octanol–water partition coefficient (Wildman–Crippen LogP) is 1.86. The van der Waals surface area contributed by atoms with Crippen molar-refractivity contribution in [1.82, 2.24) is 9.88 Å². The minimum absolute atomic E-state index is 0.282. The maximum atomic E-state index is 11.3. The van der Waals surface area contributed by atoms with Gasteiger partial charge in [-0.25, -0.2) is 9.78 Å². The number of carbonyl (C=O) groups is 1. The number of carboxylic acids is 1. The quantitative estimate of drug-likeness (QED) is 0.864. The molecule has 2 N–H and O–H groups in total. The van der Waals surface area contributed by atoms with Crippen LogP contribution in [0.3, 0.4) is 0 Å². The number of aryl methyl sites for hydroxylation is 2. The van der Waals surface area contributed by atoms with Crippen LogP contribution in [-0.4, -0.2) is 58.6 Å². The topological polar surface area (TPSA) is 65.5 Å². The van der Waals surface area contributed by atoms with Gasteiger partial charge in [-0.15, -0.1) is 0 Å². The Morgan fingerprint density at radius 3 is 2.80 bits per heavy atom. The molecule has 110 valence electrons. The van der Waals surface area contributed by atoms with Crippen molar-refractivity contribution in [3.8, 4) is 0 Å². The van der Waals surface area contributed by atoms with Gasteiger partial charge in [-0.2, -0.15) is 11.8 Å². The molecule has 6 heteroatoms. The molecule has 1 saturated heterocycles. The van der Waals surface area contributed by atoms with Crippen LogP contribution in [0.25, 0.3) is 0 Å². The Morgan fingerprint density at radius 1 is 1.45 bits per heavy atom. The van der Waals surface area contributed by atoms with Crippen LogP contribution in [-0.2, 0) is 0 Å². The largest absolute Gasteiger partial charge is 0.478 e. The van der Waals surface area contributed by atoms with Gasteiger partial charge < -0.3 is 10.4 Å². The first-order chi connectivity index (χ1) is 9.58. The lowest BCUT2D eigenvalue weighted by Gasteiger charge is -2.26. The molecule has 0 unspecified atom stereocenters. The summed E-state index contributed by atoms with van der Waals surface area (Å²) in [6.07, 6.45) is 0. The maximum absolute atomic E-state index is 11.3. The Balaban J connectivity index is 1.99. The summed E-state index contributed by atoms with van der Waals surface area (Å²) in [5, 5.41) is 12.5. The monoisotopic (exact) mass is 295 g/mol. The molecule has 0 amide bonds. The number of thioether (sulfide) groups is 1. The molecule has 1 aliphatic heterocycles. The minimum Gasteiger partial charge on any atom is -0.478 e. The number of rotatable bonds is 5. The number of pyridine rings is 1. The average Bonchev–Trinajstić information content (AvgIpc) is 2.38. The number of hydrogen-bond acceptors (Lipinski definition) is 5. The highest BCUT2D eigenvalue weighted by molar-refractivity contribution is 7.99. The second-order valence-corrected chi connectivity index (χ2v) is 6.21. The van der Waals surface area contributed by atoms with Gasteiger partial charge in [0.2, 0.25) is 0 Å². The van der Waals surface area contributed by atoms with Gasteiger partial charge in [0.25, 0.3) is 0 Å². The molecule has 2 heterocycles. The van der Waals surface area contributed by atoms with Crippen molar-refractivity contribution in [2.24, 2.45) is 0 Å². The molecular formula is C14H21N3O2S. The SMILES string of the molecule is Cc1cc(C)c(C(=O)O)c(NCCN2CCSCC2)n1. The van der Waals surface area contributed by atoms with Gasteiger partial charge in [-0.1, -0.05) is 0 Å². The lowest BCUT2D eigenvalue weighted by molar-refractivity contribution is 0.0697. The van der Waals surface area contributed by atoms with Crippen LogP contribution in [0.5, 0.6) is 0 Å². The minimum atomic E-state index is -0.924. The molecule has 1 fully saturated rings. The zero-order valence-corrected chi connectivity index (χ0v) is 12.8. The van der Waals surface area contributed by atoms with Gasteiger partial charge >= 0.3 is 5.97 Å². The van der Waals surface area contributed by atoms with Crippen molar-refractivity contribution in [3.05, 3.63) is 22.9 Å². The summed E-state index contributed by atoms with van der Waals surface area (Å²) in [6.45, 7) is 7.56. The molecule has 0 radical (unpaired) electrons. The van der Waals surface area contributed by atoms with E-state index in [9.17, 15) is 9.90 Å². The Morgan fingerprint density at radius 2 is 2.15 bits per heavy atom. The van der Waals surface area contributed by atoms with Gasteiger partial charge in [0.15, 0.2) is 0 Å². The number of aromatic nitrogens is 1. The van der Waals surface area contributed by atoms with E-state index in [1.54, 1.807) is 6.07 Å². The summed E-state index contributed by atoms with van der Waals surface area (Å²) in [5.41, 5.74) is 1.87. The maximum Gasteiger partial charge on any atom is 0.339 e. The summed E-state index contributed by atoms with van der Waals surface area (Å²) >= 11 is 1.99. The van der Waals surface area contributed by atoms with Gasteiger partial charge in [-0.3, -0.25) is 4.90 Å². The average molecular weight is 295 g/mol. The fraction of sp³-hybridized carbons (Fsp3) is 0.571. The summed E-state index contributed by atoms with van der Waals surface area (Å²) in [6, 6.07) is 1.80. The molecule has 1 aliphatic rings. The van der Waals surface area contributed by atoms with Crippen molar-refractivity contribution in [3.63, 3.8) is 0 Å². The number of nitrogens with one attached hydrogen (secondary N) is 1. The van der Waals surface area contributed by atoms with Gasteiger partial charge in [0.1, 0.15) is 11.4 Å². The van der Waals surface area contributed by atoms with E-state index in [0.717, 1.165) is 37.4 Å². The number of hydrogen-bond donors (Lipinski definition) is 2. The Labute approximate surface area is 123 Å². The Hall–Kier alpha value is -1.27. The Bertz CT molecular complexity index is 488. The van der Waals surface area contributed by atoms with E-state index in [1.165, 1.54) is 11.5 Å². The molecule has 0 saturated carbocycles. The van der Waals surface area contributed by atoms with Crippen molar-refractivity contribution >= 4 is 23.5 Å². The zero-order chi connectivity index (χ0) is 14.5. The smallest absolute Gasteiger partial charge is 0.339 e.